The third-order valence-electron chi connectivity index (χ3n) is 4.42. The van der Waals surface area contributed by atoms with Gasteiger partial charge in [0.1, 0.15) is 12.3 Å². The quantitative estimate of drug-likeness (QED) is 0.636. The summed E-state index contributed by atoms with van der Waals surface area (Å²) in [5.74, 6) is 0.524. The SMILES string of the molecule is CCCCC(CC)CNC(=O)CN(c1cc(C)ccc1OC)S(C)(=O)=O. The number of anilines is 1. The van der Waals surface area contributed by atoms with E-state index in [4.69, 9.17) is 4.74 Å². The van der Waals surface area contributed by atoms with Gasteiger partial charge in [0.05, 0.1) is 19.1 Å². The molecule has 1 rings (SSSR count). The van der Waals surface area contributed by atoms with E-state index in [1.807, 2.05) is 13.0 Å². The van der Waals surface area contributed by atoms with Crippen LogP contribution < -0.4 is 14.4 Å². The first-order chi connectivity index (χ1) is 12.2. The topological polar surface area (TPSA) is 75.7 Å². The Kier molecular flexibility index (Phi) is 8.92. The molecule has 0 saturated heterocycles. The van der Waals surface area contributed by atoms with E-state index in [9.17, 15) is 13.2 Å². The van der Waals surface area contributed by atoms with E-state index in [0.29, 0.717) is 23.9 Å². The molecular weight excluding hydrogens is 352 g/mol. The number of amides is 1. The minimum Gasteiger partial charge on any atom is -0.495 e. The normalized spacial score (nSPS) is 12.5. The van der Waals surface area contributed by atoms with Crippen molar-refractivity contribution in [3.8, 4) is 5.75 Å². The number of aryl methyl sites for hydroxylation is 1. The van der Waals surface area contributed by atoms with Crippen LogP contribution >= 0.6 is 0 Å². The van der Waals surface area contributed by atoms with Crippen molar-refractivity contribution in [3.63, 3.8) is 0 Å². The molecule has 1 unspecified atom stereocenters. The number of carbonyl (C=O) groups is 1. The fraction of sp³-hybridized carbons (Fsp3) is 0.632. The molecule has 0 radical (unpaired) electrons. The Bertz CT molecular complexity index is 689. The van der Waals surface area contributed by atoms with Crippen LogP contribution in [-0.2, 0) is 14.8 Å². The average Bonchev–Trinajstić information content (AvgIpc) is 2.58. The number of carbonyl (C=O) groups excluding carboxylic acids is 1. The van der Waals surface area contributed by atoms with Crippen molar-refractivity contribution >= 4 is 21.6 Å². The summed E-state index contributed by atoms with van der Waals surface area (Å²) in [6.07, 6.45) is 5.40. The van der Waals surface area contributed by atoms with Gasteiger partial charge in [-0.1, -0.05) is 39.2 Å². The summed E-state index contributed by atoms with van der Waals surface area (Å²) in [7, 11) is -2.15. The van der Waals surface area contributed by atoms with E-state index in [2.05, 4.69) is 19.2 Å². The molecule has 0 aromatic heterocycles. The molecule has 0 aliphatic rings. The van der Waals surface area contributed by atoms with Crippen molar-refractivity contribution in [2.45, 2.75) is 46.5 Å². The predicted molar refractivity (Wildman–Crippen MR) is 106 cm³/mol. The van der Waals surface area contributed by atoms with Gasteiger partial charge in [0.25, 0.3) is 0 Å². The Morgan fingerprint density at radius 2 is 2.00 bits per heavy atom. The molecule has 0 aliphatic carbocycles. The van der Waals surface area contributed by atoms with Gasteiger partial charge in [-0.25, -0.2) is 8.42 Å². The Balaban J connectivity index is 2.90. The van der Waals surface area contributed by atoms with Gasteiger partial charge in [-0.15, -0.1) is 0 Å². The van der Waals surface area contributed by atoms with Crippen molar-refractivity contribution in [2.24, 2.45) is 5.92 Å². The van der Waals surface area contributed by atoms with Crippen molar-refractivity contribution in [1.29, 1.82) is 0 Å². The summed E-state index contributed by atoms with van der Waals surface area (Å²) in [5.41, 5.74) is 1.27. The highest BCUT2D eigenvalue weighted by molar-refractivity contribution is 7.92. The zero-order valence-electron chi connectivity index (χ0n) is 16.5. The Morgan fingerprint density at radius 3 is 2.54 bits per heavy atom. The van der Waals surface area contributed by atoms with Gasteiger partial charge in [-0.2, -0.15) is 0 Å². The van der Waals surface area contributed by atoms with E-state index in [-0.39, 0.29) is 12.5 Å². The van der Waals surface area contributed by atoms with Crippen molar-refractivity contribution in [2.75, 3.05) is 30.8 Å². The highest BCUT2D eigenvalue weighted by Crippen LogP contribution is 2.30. The van der Waals surface area contributed by atoms with Crippen LogP contribution in [0.2, 0.25) is 0 Å². The minimum absolute atomic E-state index is 0.261. The lowest BCUT2D eigenvalue weighted by atomic mass is 9.99. The summed E-state index contributed by atoms with van der Waals surface area (Å²) in [6, 6.07) is 5.25. The number of rotatable bonds is 11. The fourth-order valence-corrected chi connectivity index (χ4v) is 3.62. The molecule has 26 heavy (non-hydrogen) atoms. The summed E-state index contributed by atoms with van der Waals surface area (Å²) in [6.45, 7) is 6.42. The van der Waals surface area contributed by atoms with Crippen molar-refractivity contribution < 1.29 is 17.9 Å². The number of nitrogens with zero attached hydrogens (tertiary/aromatic N) is 1. The smallest absolute Gasteiger partial charge is 0.240 e. The number of nitrogens with one attached hydrogen (secondary N) is 1. The average molecular weight is 385 g/mol. The number of benzene rings is 1. The molecule has 0 heterocycles. The fourth-order valence-electron chi connectivity index (χ4n) is 2.76. The van der Waals surface area contributed by atoms with E-state index < -0.39 is 10.0 Å². The first-order valence-electron chi connectivity index (χ1n) is 9.11. The molecule has 148 valence electrons. The molecule has 1 N–H and O–H groups in total. The van der Waals surface area contributed by atoms with Gasteiger partial charge < -0.3 is 10.1 Å². The molecule has 0 saturated carbocycles. The molecule has 1 aromatic rings. The van der Waals surface area contributed by atoms with E-state index >= 15 is 0 Å². The second kappa shape index (κ2) is 10.4. The molecule has 7 heteroatoms. The van der Waals surface area contributed by atoms with Crippen LogP contribution in [0.4, 0.5) is 5.69 Å². The third kappa shape index (κ3) is 6.86. The first kappa shape index (κ1) is 22.3. The van der Waals surface area contributed by atoms with Gasteiger partial charge in [-0.3, -0.25) is 9.10 Å². The molecule has 1 aromatic carbocycles. The molecule has 0 bridgehead atoms. The first-order valence-corrected chi connectivity index (χ1v) is 11.0. The monoisotopic (exact) mass is 384 g/mol. The maximum Gasteiger partial charge on any atom is 0.240 e. The van der Waals surface area contributed by atoms with Crippen LogP contribution in [-0.4, -0.2) is 40.8 Å². The molecular formula is C19H32N2O4S. The van der Waals surface area contributed by atoms with Crippen LogP contribution in [0.3, 0.4) is 0 Å². The maximum absolute atomic E-state index is 12.4. The van der Waals surface area contributed by atoms with Gasteiger partial charge in [-0.05, 0) is 37.0 Å². The molecule has 1 amide bonds. The van der Waals surface area contributed by atoms with Gasteiger partial charge in [0, 0.05) is 6.54 Å². The van der Waals surface area contributed by atoms with Crippen molar-refractivity contribution in [1.82, 2.24) is 5.32 Å². The van der Waals surface area contributed by atoms with Crippen LogP contribution in [0.1, 0.15) is 45.1 Å². The van der Waals surface area contributed by atoms with E-state index in [1.165, 1.54) is 7.11 Å². The predicted octanol–water partition coefficient (Wildman–Crippen LogP) is 3.10. The zero-order valence-corrected chi connectivity index (χ0v) is 17.4. The highest BCUT2D eigenvalue weighted by atomic mass is 32.2. The summed E-state index contributed by atoms with van der Waals surface area (Å²) >= 11 is 0. The molecule has 0 spiro atoms. The Labute approximate surface area is 158 Å². The number of hydrogen-bond acceptors (Lipinski definition) is 4. The minimum atomic E-state index is -3.63. The third-order valence-corrected chi connectivity index (χ3v) is 5.55. The van der Waals surface area contributed by atoms with Gasteiger partial charge in [0.15, 0.2) is 0 Å². The number of methoxy groups -OCH3 is 1. The Morgan fingerprint density at radius 1 is 1.31 bits per heavy atom. The number of ether oxygens (including phenoxy) is 1. The lowest BCUT2D eigenvalue weighted by Crippen LogP contribution is -2.41. The van der Waals surface area contributed by atoms with Crippen LogP contribution in [0.5, 0.6) is 5.75 Å². The standard InChI is InChI=1S/C19H32N2O4S/c1-6-8-9-16(7-2)13-20-19(22)14-21(26(5,23)24)17-12-15(3)10-11-18(17)25-4/h10-12,16H,6-9,13-14H2,1-5H3,(H,20,22). The van der Waals surface area contributed by atoms with E-state index in [0.717, 1.165) is 41.8 Å². The van der Waals surface area contributed by atoms with Crippen molar-refractivity contribution in [3.05, 3.63) is 23.8 Å². The number of hydrogen-bond donors (Lipinski definition) is 1. The lowest BCUT2D eigenvalue weighted by Gasteiger charge is -2.24. The van der Waals surface area contributed by atoms with Crippen LogP contribution in [0.25, 0.3) is 0 Å². The summed E-state index contributed by atoms with van der Waals surface area (Å²) in [5, 5.41) is 2.88. The molecule has 0 fully saturated rings. The zero-order chi connectivity index (χ0) is 19.7. The Hall–Kier alpha value is -1.76. The van der Waals surface area contributed by atoms with E-state index in [1.54, 1.807) is 12.1 Å². The van der Waals surface area contributed by atoms with Crippen LogP contribution in [0, 0.1) is 12.8 Å². The number of unbranched alkanes of at least 4 members (excludes halogenated alkanes) is 1. The molecule has 6 nitrogen and oxygen atoms in total. The maximum atomic E-state index is 12.4. The lowest BCUT2D eigenvalue weighted by molar-refractivity contribution is -0.119. The second-order valence-corrected chi connectivity index (χ2v) is 8.57. The van der Waals surface area contributed by atoms with Crippen LogP contribution in [0.15, 0.2) is 18.2 Å². The van der Waals surface area contributed by atoms with Gasteiger partial charge in [0.2, 0.25) is 15.9 Å². The number of sulfonamides is 1. The summed E-state index contributed by atoms with van der Waals surface area (Å²) in [4.78, 5) is 12.4. The molecule has 0 aliphatic heterocycles. The van der Waals surface area contributed by atoms with Gasteiger partial charge >= 0.3 is 0 Å². The highest BCUT2D eigenvalue weighted by Gasteiger charge is 2.24. The summed E-state index contributed by atoms with van der Waals surface area (Å²) < 4.78 is 30.9. The largest absolute Gasteiger partial charge is 0.495 e. The second-order valence-electron chi connectivity index (χ2n) is 6.67. The molecule has 1 atom stereocenters.